The van der Waals surface area contributed by atoms with Crippen LogP contribution in [0.15, 0.2) is 55.0 Å². The molecule has 0 bridgehead atoms. The number of carbonyl (C=O) groups is 1. The van der Waals surface area contributed by atoms with Gasteiger partial charge in [-0.25, -0.2) is 9.07 Å². The van der Waals surface area contributed by atoms with Gasteiger partial charge in [-0.3, -0.25) is 4.79 Å². The third-order valence-corrected chi connectivity index (χ3v) is 5.50. The quantitative estimate of drug-likeness (QED) is 0.388. The fourth-order valence-corrected chi connectivity index (χ4v) is 3.70. The van der Waals surface area contributed by atoms with E-state index in [1.54, 1.807) is 23.0 Å². The van der Waals surface area contributed by atoms with E-state index in [2.05, 4.69) is 29.2 Å². The number of unbranched alkanes of at least 4 members (excludes halogenated alkanes) is 2. The van der Waals surface area contributed by atoms with Gasteiger partial charge in [0, 0.05) is 18.9 Å². The molecular weight excluding hydrogens is 405 g/mol. The first-order valence-electron chi connectivity index (χ1n) is 11.6. The van der Waals surface area contributed by atoms with Gasteiger partial charge >= 0.3 is 0 Å². The van der Waals surface area contributed by atoms with Gasteiger partial charge in [-0.2, -0.15) is 5.10 Å². The van der Waals surface area contributed by atoms with Crippen molar-refractivity contribution in [2.75, 3.05) is 26.2 Å². The number of rotatable bonds is 13. The lowest BCUT2D eigenvalue weighted by Crippen LogP contribution is -2.31. The van der Waals surface area contributed by atoms with Crippen LogP contribution in [0.4, 0.5) is 4.39 Å². The average molecular weight is 440 g/mol. The van der Waals surface area contributed by atoms with E-state index in [9.17, 15) is 9.18 Å². The summed E-state index contributed by atoms with van der Waals surface area (Å²) in [5, 5.41) is 7.47. The van der Waals surface area contributed by atoms with Gasteiger partial charge in [0.25, 0.3) is 5.91 Å². The van der Waals surface area contributed by atoms with Gasteiger partial charge in [0.1, 0.15) is 11.4 Å². The minimum absolute atomic E-state index is 0.157. The van der Waals surface area contributed by atoms with E-state index in [-0.39, 0.29) is 11.7 Å². The Labute approximate surface area is 190 Å². The second kappa shape index (κ2) is 12.2. The largest absolute Gasteiger partial charge is 0.352 e. The third-order valence-electron chi connectivity index (χ3n) is 5.50. The van der Waals surface area contributed by atoms with Crippen LogP contribution in [0.5, 0.6) is 0 Å². The SMILES string of the molecule is CCCCN(CCCC)CCCNC(=O)c1cnn(-c2ccc(F)cc2)c1-n1cccc1. The minimum atomic E-state index is -0.312. The number of nitrogens with one attached hydrogen (secondary N) is 1. The molecule has 0 spiro atoms. The summed E-state index contributed by atoms with van der Waals surface area (Å²) in [6.45, 7) is 8.26. The van der Waals surface area contributed by atoms with Crippen LogP contribution in [0.25, 0.3) is 11.5 Å². The Morgan fingerprint density at radius 1 is 1.00 bits per heavy atom. The molecule has 3 aromatic rings. The highest BCUT2D eigenvalue weighted by Gasteiger charge is 2.19. The Bertz CT molecular complexity index is 941. The van der Waals surface area contributed by atoms with E-state index in [1.807, 2.05) is 29.1 Å². The summed E-state index contributed by atoms with van der Waals surface area (Å²) in [5.74, 6) is 0.163. The third kappa shape index (κ3) is 6.29. The number of hydrogen-bond donors (Lipinski definition) is 1. The van der Waals surface area contributed by atoms with Crippen molar-refractivity contribution in [2.24, 2.45) is 0 Å². The summed E-state index contributed by atoms with van der Waals surface area (Å²) in [7, 11) is 0. The van der Waals surface area contributed by atoms with Crippen LogP contribution >= 0.6 is 0 Å². The number of halogens is 1. The Morgan fingerprint density at radius 3 is 2.25 bits per heavy atom. The van der Waals surface area contributed by atoms with E-state index < -0.39 is 0 Å². The van der Waals surface area contributed by atoms with Gasteiger partial charge < -0.3 is 14.8 Å². The van der Waals surface area contributed by atoms with Gasteiger partial charge in [0.2, 0.25) is 0 Å². The second-order valence-electron chi connectivity index (χ2n) is 8.02. The first kappa shape index (κ1) is 23.7. The number of carbonyl (C=O) groups excluding carboxylic acids is 1. The molecule has 172 valence electrons. The molecule has 0 aliphatic rings. The highest BCUT2D eigenvalue weighted by Crippen LogP contribution is 2.20. The van der Waals surface area contributed by atoms with E-state index in [4.69, 9.17) is 0 Å². The fraction of sp³-hybridized carbons (Fsp3) is 0.440. The highest BCUT2D eigenvalue weighted by atomic mass is 19.1. The lowest BCUT2D eigenvalue weighted by atomic mass is 10.2. The van der Waals surface area contributed by atoms with Crippen molar-refractivity contribution in [3.05, 3.63) is 66.4 Å². The lowest BCUT2D eigenvalue weighted by molar-refractivity contribution is 0.0951. The summed E-state index contributed by atoms with van der Waals surface area (Å²) in [6, 6.07) is 9.87. The first-order valence-corrected chi connectivity index (χ1v) is 11.6. The molecule has 0 aliphatic carbocycles. The summed E-state index contributed by atoms with van der Waals surface area (Å²) in [5.41, 5.74) is 1.18. The Balaban J connectivity index is 1.67. The number of hydrogen-bond acceptors (Lipinski definition) is 3. The molecule has 0 saturated heterocycles. The summed E-state index contributed by atoms with van der Waals surface area (Å²) < 4.78 is 16.9. The predicted molar refractivity (Wildman–Crippen MR) is 126 cm³/mol. The zero-order chi connectivity index (χ0) is 22.8. The summed E-state index contributed by atoms with van der Waals surface area (Å²) in [4.78, 5) is 15.5. The fourth-order valence-electron chi connectivity index (χ4n) is 3.70. The van der Waals surface area contributed by atoms with Crippen molar-refractivity contribution >= 4 is 5.91 Å². The molecule has 6 nitrogen and oxygen atoms in total. The van der Waals surface area contributed by atoms with Gasteiger partial charge in [-0.1, -0.05) is 26.7 Å². The topological polar surface area (TPSA) is 55.1 Å². The van der Waals surface area contributed by atoms with Crippen LogP contribution in [0, 0.1) is 5.82 Å². The summed E-state index contributed by atoms with van der Waals surface area (Å²) >= 11 is 0. The van der Waals surface area contributed by atoms with E-state index in [1.165, 1.54) is 37.8 Å². The number of aromatic nitrogens is 3. The normalized spacial score (nSPS) is 11.2. The maximum Gasteiger partial charge on any atom is 0.256 e. The smallest absolute Gasteiger partial charge is 0.256 e. The van der Waals surface area contributed by atoms with Crippen molar-refractivity contribution < 1.29 is 9.18 Å². The molecule has 2 aromatic heterocycles. The molecule has 7 heteroatoms. The molecule has 0 unspecified atom stereocenters. The van der Waals surface area contributed by atoms with Crippen LogP contribution in [0.1, 0.15) is 56.3 Å². The Morgan fingerprint density at radius 2 is 1.62 bits per heavy atom. The summed E-state index contributed by atoms with van der Waals surface area (Å²) in [6.07, 6.45) is 11.0. The predicted octanol–water partition coefficient (Wildman–Crippen LogP) is 4.82. The first-order chi connectivity index (χ1) is 15.6. The standard InChI is InChI=1S/C25H34FN5O/c1-3-5-15-29(16-6-4-2)17-9-14-27-24(32)23-20-28-31(22-12-10-21(26)11-13-22)25(23)30-18-7-8-19-30/h7-8,10-13,18-20H,3-6,9,14-17H2,1-2H3,(H,27,32). The molecule has 0 fully saturated rings. The van der Waals surface area contributed by atoms with E-state index >= 15 is 0 Å². The lowest BCUT2D eigenvalue weighted by Gasteiger charge is -2.21. The zero-order valence-electron chi connectivity index (χ0n) is 19.1. The van der Waals surface area contributed by atoms with Crippen LogP contribution in [0.2, 0.25) is 0 Å². The zero-order valence-corrected chi connectivity index (χ0v) is 19.1. The number of nitrogens with zero attached hydrogens (tertiary/aromatic N) is 4. The van der Waals surface area contributed by atoms with Crippen molar-refractivity contribution in [1.29, 1.82) is 0 Å². The molecule has 0 saturated carbocycles. The van der Waals surface area contributed by atoms with E-state index in [0.717, 1.165) is 26.1 Å². The highest BCUT2D eigenvalue weighted by molar-refractivity contribution is 5.97. The monoisotopic (exact) mass is 439 g/mol. The van der Waals surface area contributed by atoms with Crippen LogP contribution in [-0.4, -0.2) is 51.3 Å². The molecular formula is C25H34FN5O. The van der Waals surface area contributed by atoms with Crippen LogP contribution in [-0.2, 0) is 0 Å². The molecule has 3 rings (SSSR count). The minimum Gasteiger partial charge on any atom is -0.352 e. The Hall–Kier alpha value is -2.93. The van der Waals surface area contributed by atoms with Gasteiger partial charge in [0.05, 0.1) is 11.9 Å². The van der Waals surface area contributed by atoms with Gasteiger partial charge in [-0.15, -0.1) is 0 Å². The van der Waals surface area contributed by atoms with E-state index in [0.29, 0.717) is 23.6 Å². The van der Waals surface area contributed by atoms with Gasteiger partial charge in [0.15, 0.2) is 5.82 Å². The molecule has 2 heterocycles. The number of benzene rings is 1. The average Bonchev–Trinajstić information content (AvgIpc) is 3.48. The van der Waals surface area contributed by atoms with Crippen LogP contribution < -0.4 is 5.32 Å². The molecule has 1 N–H and O–H groups in total. The molecule has 0 aliphatic heterocycles. The van der Waals surface area contributed by atoms with Gasteiger partial charge in [-0.05, 0) is 75.3 Å². The van der Waals surface area contributed by atoms with Crippen molar-refractivity contribution in [2.45, 2.75) is 46.0 Å². The molecule has 0 radical (unpaired) electrons. The molecule has 1 aromatic carbocycles. The molecule has 0 atom stereocenters. The molecule has 32 heavy (non-hydrogen) atoms. The van der Waals surface area contributed by atoms with Crippen LogP contribution in [0.3, 0.4) is 0 Å². The number of amides is 1. The van der Waals surface area contributed by atoms with Crippen molar-refractivity contribution in [3.63, 3.8) is 0 Å². The maximum atomic E-state index is 13.4. The van der Waals surface area contributed by atoms with Crippen molar-refractivity contribution in [1.82, 2.24) is 24.6 Å². The molecule has 1 amide bonds. The Kier molecular flexibility index (Phi) is 9.04. The second-order valence-corrected chi connectivity index (χ2v) is 8.02. The van der Waals surface area contributed by atoms with Crippen molar-refractivity contribution in [3.8, 4) is 11.5 Å². The maximum absolute atomic E-state index is 13.4.